The maximum Gasteiger partial charge on any atom is 0.246 e. The molecule has 2 rings (SSSR count). The quantitative estimate of drug-likeness (QED) is 0.786. The van der Waals surface area contributed by atoms with Crippen LogP contribution in [0.2, 0.25) is 5.15 Å². The molecule has 1 aliphatic rings. The normalized spacial score (nSPS) is 26.2. The molecule has 2 atom stereocenters. The van der Waals surface area contributed by atoms with E-state index < -0.39 is 10.0 Å². The summed E-state index contributed by atoms with van der Waals surface area (Å²) in [4.78, 5) is 3.93. The second kappa shape index (κ2) is 5.36. The van der Waals surface area contributed by atoms with Gasteiger partial charge in [-0.1, -0.05) is 25.4 Å². The van der Waals surface area contributed by atoms with E-state index in [0.717, 1.165) is 0 Å². The predicted molar refractivity (Wildman–Crippen MR) is 74.5 cm³/mol. The SMILES string of the molecule is CC1CN(S(=O)(=O)c2cccnc2Cl)CC(C)S1. The van der Waals surface area contributed by atoms with Gasteiger partial charge in [0.1, 0.15) is 10.0 Å². The molecule has 2 unspecified atom stereocenters. The molecular formula is C11H15ClN2O2S2. The summed E-state index contributed by atoms with van der Waals surface area (Å²) in [7, 11) is -3.53. The van der Waals surface area contributed by atoms with Crippen molar-refractivity contribution in [1.82, 2.24) is 9.29 Å². The Morgan fingerprint density at radius 1 is 1.39 bits per heavy atom. The van der Waals surface area contributed by atoms with E-state index >= 15 is 0 Å². The highest BCUT2D eigenvalue weighted by molar-refractivity contribution is 8.00. The number of pyridine rings is 1. The molecule has 0 bridgehead atoms. The van der Waals surface area contributed by atoms with Gasteiger partial charge in [-0.15, -0.1) is 0 Å². The van der Waals surface area contributed by atoms with Crippen molar-refractivity contribution < 1.29 is 8.42 Å². The van der Waals surface area contributed by atoms with Crippen LogP contribution in [0, 0.1) is 0 Å². The van der Waals surface area contributed by atoms with Crippen LogP contribution < -0.4 is 0 Å². The molecule has 0 radical (unpaired) electrons. The van der Waals surface area contributed by atoms with E-state index in [1.165, 1.54) is 16.6 Å². The number of thioether (sulfide) groups is 1. The third kappa shape index (κ3) is 2.82. The lowest BCUT2D eigenvalue weighted by Crippen LogP contribution is -2.44. The van der Waals surface area contributed by atoms with Gasteiger partial charge in [0.15, 0.2) is 0 Å². The Bertz CT molecular complexity index is 526. The number of nitrogens with zero attached hydrogens (tertiary/aromatic N) is 2. The van der Waals surface area contributed by atoms with Crippen LogP contribution in [0.4, 0.5) is 0 Å². The Balaban J connectivity index is 2.34. The summed E-state index contributed by atoms with van der Waals surface area (Å²) in [6.45, 7) is 5.10. The number of halogens is 1. The highest BCUT2D eigenvalue weighted by Crippen LogP contribution is 2.30. The molecule has 1 saturated heterocycles. The van der Waals surface area contributed by atoms with Crippen molar-refractivity contribution in [2.75, 3.05) is 13.1 Å². The van der Waals surface area contributed by atoms with Crippen molar-refractivity contribution in [3.63, 3.8) is 0 Å². The number of hydrogen-bond donors (Lipinski definition) is 0. The van der Waals surface area contributed by atoms with Crippen molar-refractivity contribution >= 4 is 33.4 Å². The average molecular weight is 307 g/mol. The first kappa shape index (κ1) is 14.1. The van der Waals surface area contributed by atoms with Gasteiger partial charge in [-0.25, -0.2) is 13.4 Å². The van der Waals surface area contributed by atoms with Crippen molar-refractivity contribution in [3.05, 3.63) is 23.5 Å². The van der Waals surface area contributed by atoms with Crippen LogP contribution in [0.1, 0.15) is 13.8 Å². The van der Waals surface area contributed by atoms with E-state index in [1.54, 1.807) is 17.8 Å². The van der Waals surface area contributed by atoms with Crippen molar-refractivity contribution in [2.24, 2.45) is 0 Å². The standard InChI is InChI=1S/C11H15ClN2O2S2/c1-8-6-14(7-9(2)17-8)18(15,16)10-4-3-5-13-11(10)12/h3-5,8-9H,6-7H2,1-2H3. The van der Waals surface area contributed by atoms with Gasteiger partial charge in [0.2, 0.25) is 10.0 Å². The topological polar surface area (TPSA) is 50.3 Å². The first-order valence-corrected chi connectivity index (χ1v) is 8.43. The molecule has 100 valence electrons. The lowest BCUT2D eigenvalue weighted by Gasteiger charge is -2.33. The van der Waals surface area contributed by atoms with E-state index in [0.29, 0.717) is 23.6 Å². The lowest BCUT2D eigenvalue weighted by atomic mass is 10.4. The zero-order valence-electron chi connectivity index (χ0n) is 10.2. The van der Waals surface area contributed by atoms with Crippen molar-refractivity contribution in [3.8, 4) is 0 Å². The minimum absolute atomic E-state index is 0.0380. The zero-order valence-corrected chi connectivity index (χ0v) is 12.6. The Morgan fingerprint density at radius 2 is 2.00 bits per heavy atom. The summed E-state index contributed by atoms with van der Waals surface area (Å²) >= 11 is 7.68. The lowest BCUT2D eigenvalue weighted by molar-refractivity contribution is 0.404. The fraction of sp³-hybridized carbons (Fsp3) is 0.545. The fourth-order valence-corrected chi connectivity index (χ4v) is 5.59. The second-order valence-electron chi connectivity index (χ2n) is 4.37. The molecule has 0 N–H and O–H groups in total. The number of aromatic nitrogens is 1. The molecule has 0 amide bonds. The van der Waals surface area contributed by atoms with E-state index in [4.69, 9.17) is 11.6 Å². The van der Waals surface area contributed by atoms with Crippen molar-refractivity contribution in [1.29, 1.82) is 0 Å². The van der Waals surface area contributed by atoms with Crippen LogP contribution in [0.5, 0.6) is 0 Å². The number of sulfonamides is 1. The molecule has 2 heterocycles. The molecule has 1 aromatic heterocycles. The van der Waals surface area contributed by atoms with Crippen LogP contribution in [0.15, 0.2) is 23.2 Å². The largest absolute Gasteiger partial charge is 0.246 e. The molecule has 7 heteroatoms. The maximum atomic E-state index is 12.5. The van der Waals surface area contributed by atoms with Gasteiger partial charge in [0.25, 0.3) is 0 Å². The van der Waals surface area contributed by atoms with Gasteiger partial charge in [-0.05, 0) is 12.1 Å². The van der Waals surface area contributed by atoms with Gasteiger partial charge in [-0.2, -0.15) is 16.1 Å². The number of rotatable bonds is 2. The summed E-state index contributed by atoms with van der Waals surface area (Å²) in [5.41, 5.74) is 0. The third-order valence-electron chi connectivity index (χ3n) is 2.73. The highest BCUT2D eigenvalue weighted by atomic mass is 35.5. The van der Waals surface area contributed by atoms with Crippen LogP contribution in [-0.4, -0.2) is 41.3 Å². The van der Waals surface area contributed by atoms with Gasteiger partial charge < -0.3 is 0 Å². The first-order valence-electron chi connectivity index (χ1n) is 5.67. The predicted octanol–water partition coefficient (Wildman–Crippen LogP) is 2.25. The van der Waals surface area contributed by atoms with E-state index in [9.17, 15) is 8.42 Å². The van der Waals surface area contributed by atoms with Crippen molar-refractivity contribution in [2.45, 2.75) is 29.2 Å². The Kier molecular flexibility index (Phi) is 4.21. The molecule has 0 aliphatic carbocycles. The summed E-state index contributed by atoms with van der Waals surface area (Å²) in [6, 6.07) is 3.09. The molecule has 0 aromatic carbocycles. The monoisotopic (exact) mass is 306 g/mol. The Hall–Kier alpha value is -0.300. The summed E-state index contributed by atoms with van der Waals surface area (Å²) in [5, 5.41) is 0.619. The van der Waals surface area contributed by atoms with Crippen LogP contribution in [0.25, 0.3) is 0 Å². The van der Waals surface area contributed by atoms with Gasteiger partial charge in [0.05, 0.1) is 0 Å². The van der Waals surface area contributed by atoms with Crippen LogP contribution >= 0.6 is 23.4 Å². The number of hydrogen-bond acceptors (Lipinski definition) is 4. The first-order chi connectivity index (χ1) is 8.41. The third-order valence-corrected chi connectivity index (χ3v) is 6.23. The molecular weight excluding hydrogens is 292 g/mol. The molecule has 0 spiro atoms. The molecule has 18 heavy (non-hydrogen) atoms. The maximum absolute atomic E-state index is 12.5. The molecule has 4 nitrogen and oxygen atoms in total. The fourth-order valence-electron chi connectivity index (χ4n) is 2.03. The molecule has 1 aliphatic heterocycles. The summed E-state index contributed by atoms with van der Waals surface area (Å²) in [6.07, 6.45) is 1.48. The van der Waals surface area contributed by atoms with Gasteiger partial charge in [-0.3, -0.25) is 0 Å². The smallest absolute Gasteiger partial charge is 0.243 e. The Labute approximate surface area is 117 Å². The average Bonchev–Trinajstić information content (AvgIpc) is 2.28. The van der Waals surface area contributed by atoms with Gasteiger partial charge >= 0.3 is 0 Å². The van der Waals surface area contributed by atoms with E-state index in [1.807, 2.05) is 13.8 Å². The van der Waals surface area contributed by atoms with E-state index in [2.05, 4.69) is 4.98 Å². The second-order valence-corrected chi connectivity index (χ2v) is 8.52. The van der Waals surface area contributed by atoms with E-state index in [-0.39, 0.29) is 10.0 Å². The van der Waals surface area contributed by atoms with Gasteiger partial charge in [0, 0.05) is 29.8 Å². The molecule has 1 aromatic rings. The van der Waals surface area contributed by atoms with Crippen LogP contribution in [0.3, 0.4) is 0 Å². The highest BCUT2D eigenvalue weighted by Gasteiger charge is 2.33. The molecule has 0 saturated carbocycles. The molecule has 1 fully saturated rings. The minimum Gasteiger partial charge on any atom is -0.243 e. The Morgan fingerprint density at radius 3 is 2.56 bits per heavy atom. The minimum atomic E-state index is -3.53. The summed E-state index contributed by atoms with van der Waals surface area (Å²) < 4.78 is 26.5. The van der Waals surface area contributed by atoms with Crippen LogP contribution in [-0.2, 0) is 10.0 Å². The summed E-state index contributed by atoms with van der Waals surface area (Å²) in [5.74, 6) is 0. The zero-order chi connectivity index (χ0) is 13.3.